The highest BCUT2D eigenvalue weighted by Crippen LogP contribution is 2.05. The minimum absolute atomic E-state index is 0.104. The molecule has 1 fully saturated rings. The second-order valence-electron chi connectivity index (χ2n) is 4.09. The minimum atomic E-state index is -1.31. The highest BCUT2D eigenvalue weighted by Gasteiger charge is 2.26. The van der Waals surface area contributed by atoms with Gasteiger partial charge in [0.25, 0.3) is 0 Å². The number of carboxylic acids is 1. The average molecular weight is 246 g/mol. The number of aliphatic carboxylic acids is 1. The van der Waals surface area contributed by atoms with Crippen molar-refractivity contribution in [1.29, 1.82) is 0 Å². The molecule has 7 heteroatoms. The molecule has 7 nitrogen and oxygen atoms in total. The fraction of sp³-hybridized carbons (Fsp3) is 0.800. The highest BCUT2D eigenvalue weighted by molar-refractivity contribution is 5.83. The van der Waals surface area contributed by atoms with Crippen LogP contribution >= 0.6 is 0 Å². The number of hydrogen-bond acceptors (Lipinski definition) is 4. The van der Waals surface area contributed by atoms with E-state index in [-0.39, 0.29) is 6.04 Å². The van der Waals surface area contributed by atoms with Crippen molar-refractivity contribution in [2.75, 3.05) is 13.2 Å². The molecule has 0 bridgehead atoms. The minimum Gasteiger partial charge on any atom is -0.480 e. The predicted octanol–water partition coefficient (Wildman–Crippen LogP) is -0.701. The maximum absolute atomic E-state index is 11.5. The van der Waals surface area contributed by atoms with Gasteiger partial charge in [-0.25, -0.2) is 9.59 Å². The third kappa shape index (κ3) is 4.58. The number of urea groups is 1. The Morgan fingerprint density at radius 1 is 1.47 bits per heavy atom. The summed E-state index contributed by atoms with van der Waals surface area (Å²) in [5.74, 6) is -1.27. The zero-order valence-corrected chi connectivity index (χ0v) is 9.68. The van der Waals surface area contributed by atoms with Crippen molar-refractivity contribution in [3.63, 3.8) is 0 Å². The quantitative estimate of drug-likeness (QED) is 0.524. The van der Waals surface area contributed by atoms with E-state index in [1.165, 1.54) is 6.92 Å². The van der Waals surface area contributed by atoms with Gasteiger partial charge >= 0.3 is 12.0 Å². The fourth-order valence-corrected chi connectivity index (χ4v) is 1.61. The fourth-order valence-electron chi connectivity index (χ4n) is 1.61. The van der Waals surface area contributed by atoms with Gasteiger partial charge in [-0.15, -0.1) is 0 Å². The maximum Gasteiger partial charge on any atom is 0.328 e. The third-order valence-corrected chi connectivity index (χ3v) is 2.53. The van der Waals surface area contributed by atoms with E-state index in [0.717, 1.165) is 12.8 Å². The van der Waals surface area contributed by atoms with E-state index in [0.29, 0.717) is 13.2 Å². The SMILES string of the molecule is C[C@@H](O)[C@H](NC(=O)NC1CCCOC1)C(=O)O. The Morgan fingerprint density at radius 2 is 2.18 bits per heavy atom. The van der Waals surface area contributed by atoms with E-state index in [9.17, 15) is 14.7 Å². The third-order valence-electron chi connectivity index (χ3n) is 2.53. The van der Waals surface area contributed by atoms with Crippen LogP contribution in [0.15, 0.2) is 0 Å². The maximum atomic E-state index is 11.5. The number of rotatable bonds is 4. The van der Waals surface area contributed by atoms with Gasteiger partial charge in [-0.3, -0.25) is 0 Å². The van der Waals surface area contributed by atoms with E-state index in [4.69, 9.17) is 9.84 Å². The molecule has 2 amide bonds. The van der Waals surface area contributed by atoms with Crippen LogP contribution in [0.2, 0.25) is 0 Å². The molecule has 1 aliphatic rings. The number of hydrogen-bond donors (Lipinski definition) is 4. The van der Waals surface area contributed by atoms with Crippen LogP contribution in [0.5, 0.6) is 0 Å². The standard InChI is InChI=1S/C10H18N2O5/c1-6(13)8(9(14)15)12-10(16)11-7-3-2-4-17-5-7/h6-8,13H,2-5H2,1H3,(H,14,15)(H2,11,12,16)/t6-,7?,8+/m1/s1. The molecule has 0 radical (unpaired) electrons. The average Bonchev–Trinajstić information content (AvgIpc) is 2.26. The van der Waals surface area contributed by atoms with E-state index >= 15 is 0 Å². The molecule has 0 aliphatic carbocycles. The number of carbonyl (C=O) groups is 2. The van der Waals surface area contributed by atoms with Crippen molar-refractivity contribution in [3.8, 4) is 0 Å². The van der Waals surface area contributed by atoms with Crippen molar-refractivity contribution in [3.05, 3.63) is 0 Å². The number of amides is 2. The predicted molar refractivity (Wildman–Crippen MR) is 58.6 cm³/mol. The Balaban J connectivity index is 2.38. The smallest absolute Gasteiger partial charge is 0.328 e. The first-order valence-electron chi connectivity index (χ1n) is 5.56. The second-order valence-corrected chi connectivity index (χ2v) is 4.09. The van der Waals surface area contributed by atoms with Crippen LogP contribution in [0.25, 0.3) is 0 Å². The number of carboxylic acid groups (broad SMARTS) is 1. The molecular formula is C10H18N2O5. The van der Waals surface area contributed by atoms with Crippen molar-refractivity contribution < 1.29 is 24.5 Å². The molecule has 0 saturated carbocycles. The summed E-state index contributed by atoms with van der Waals surface area (Å²) in [5.41, 5.74) is 0. The van der Waals surface area contributed by atoms with Gasteiger partial charge in [0.05, 0.1) is 18.8 Å². The molecule has 1 saturated heterocycles. The van der Waals surface area contributed by atoms with Gasteiger partial charge in [-0.1, -0.05) is 0 Å². The van der Waals surface area contributed by atoms with Crippen molar-refractivity contribution in [2.24, 2.45) is 0 Å². The Morgan fingerprint density at radius 3 is 2.65 bits per heavy atom. The summed E-state index contributed by atoms with van der Waals surface area (Å²) >= 11 is 0. The summed E-state index contributed by atoms with van der Waals surface area (Å²) in [5, 5.41) is 22.8. The van der Waals surface area contributed by atoms with E-state index in [1.807, 2.05) is 0 Å². The van der Waals surface area contributed by atoms with E-state index in [1.54, 1.807) is 0 Å². The molecule has 0 aromatic heterocycles. The molecule has 1 rings (SSSR count). The normalized spacial score (nSPS) is 23.5. The summed E-state index contributed by atoms with van der Waals surface area (Å²) < 4.78 is 5.17. The van der Waals surface area contributed by atoms with Crippen molar-refractivity contribution >= 4 is 12.0 Å². The monoisotopic (exact) mass is 246 g/mol. The Hall–Kier alpha value is -1.34. The Kier molecular flexibility index (Phi) is 5.17. The van der Waals surface area contributed by atoms with Crippen LogP contribution in [0.3, 0.4) is 0 Å². The van der Waals surface area contributed by atoms with Gasteiger partial charge in [-0.05, 0) is 19.8 Å². The Labute approximate surface area is 99.1 Å². The summed E-state index contributed by atoms with van der Waals surface area (Å²) in [7, 11) is 0. The molecular weight excluding hydrogens is 228 g/mol. The number of aliphatic hydroxyl groups excluding tert-OH is 1. The lowest BCUT2D eigenvalue weighted by Crippen LogP contribution is -2.54. The molecule has 98 valence electrons. The van der Waals surface area contributed by atoms with Crippen LogP contribution in [-0.4, -0.2) is 53.6 Å². The van der Waals surface area contributed by atoms with Crippen molar-refractivity contribution in [2.45, 2.75) is 38.0 Å². The highest BCUT2D eigenvalue weighted by atomic mass is 16.5. The van der Waals surface area contributed by atoms with Gasteiger partial charge < -0.3 is 25.6 Å². The lowest BCUT2D eigenvalue weighted by Gasteiger charge is -2.24. The summed E-state index contributed by atoms with van der Waals surface area (Å²) in [6, 6.07) is -2.01. The van der Waals surface area contributed by atoms with Crippen LogP contribution in [0.1, 0.15) is 19.8 Å². The van der Waals surface area contributed by atoms with Gasteiger partial charge in [0.1, 0.15) is 0 Å². The zero-order valence-electron chi connectivity index (χ0n) is 9.68. The van der Waals surface area contributed by atoms with Crippen LogP contribution < -0.4 is 10.6 Å². The molecule has 0 aromatic carbocycles. The molecule has 3 atom stereocenters. The largest absolute Gasteiger partial charge is 0.480 e. The number of ether oxygens (including phenoxy) is 1. The number of carbonyl (C=O) groups excluding carboxylic acids is 1. The lowest BCUT2D eigenvalue weighted by atomic mass is 10.1. The molecule has 0 spiro atoms. The molecule has 1 unspecified atom stereocenters. The second kappa shape index (κ2) is 6.41. The number of aliphatic hydroxyl groups is 1. The zero-order chi connectivity index (χ0) is 12.8. The Bertz CT molecular complexity index is 276. The molecule has 4 N–H and O–H groups in total. The van der Waals surface area contributed by atoms with Crippen LogP contribution in [0, 0.1) is 0 Å². The van der Waals surface area contributed by atoms with Crippen LogP contribution in [-0.2, 0) is 9.53 Å². The van der Waals surface area contributed by atoms with Crippen molar-refractivity contribution in [1.82, 2.24) is 10.6 Å². The van der Waals surface area contributed by atoms with E-state index < -0.39 is 24.1 Å². The van der Waals surface area contributed by atoms with Crippen LogP contribution in [0.4, 0.5) is 4.79 Å². The van der Waals surface area contributed by atoms with E-state index in [2.05, 4.69) is 10.6 Å². The molecule has 1 aliphatic heterocycles. The first-order chi connectivity index (χ1) is 8.00. The van der Waals surface area contributed by atoms with Gasteiger partial charge in [0.15, 0.2) is 6.04 Å². The first-order valence-corrected chi connectivity index (χ1v) is 5.56. The topological polar surface area (TPSA) is 108 Å². The lowest BCUT2D eigenvalue weighted by molar-refractivity contribution is -0.141. The molecule has 17 heavy (non-hydrogen) atoms. The molecule has 1 heterocycles. The van der Waals surface area contributed by atoms with Gasteiger partial charge in [-0.2, -0.15) is 0 Å². The summed E-state index contributed by atoms with van der Waals surface area (Å²) in [6.07, 6.45) is 0.518. The first kappa shape index (κ1) is 13.7. The molecule has 0 aromatic rings. The summed E-state index contributed by atoms with van der Waals surface area (Å²) in [4.78, 5) is 22.2. The number of nitrogens with one attached hydrogen (secondary N) is 2. The van der Waals surface area contributed by atoms with Gasteiger partial charge in [0.2, 0.25) is 0 Å². The van der Waals surface area contributed by atoms with Gasteiger partial charge in [0, 0.05) is 6.61 Å². The summed E-state index contributed by atoms with van der Waals surface area (Å²) in [6.45, 7) is 2.42.